The lowest BCUT2D eigenvalue weighted by Gasteiger charge is -2.35. The van der Waals surface area contributed by atoms with Crippen LogP contribution in [0.1, 0.15) is 60.2 Å². The molecule has 4 rings (SSSR count). The molecule has 43 heavy (non-hydrogen) atoms. The summed E-state index contributed by atoms with van der Waals surface area (Å²) in [6.45, 7) is 8.07. The number of aryl methyl sites for hydroxylation is 1. The molecule has 3 aromatic carbocycles. The molecule has 0 aromatic heterocycles. The molecule has 1 unspecified atom stereocenters. The van der Waals surface area contributed by atoms with Crippen LogP contribution >= 0.6 is 9.24 Å². The Morgan fingerprint density at radius 1 is 0.767 bits per heavy atom. The zero-order chi connectivity index (χ0) is 31.4. The van der Waals surface area contributed by atoms with E-state index in [0.717, 1.165) is 18.1 Å². The summed E-state index contributed by atoms with van der Waals surface area (Å²) >= 11 is 0. The summed E-state index contributed by atoms with van der Waals surface area (Å²) in [6, 6.07) is 20.3. The second-order valence-corrected chi connectivity index (χ2v) is 10.8. The van der Waals surface area contributed by atoms with E-state index < -0.39 is 0 Å². The molecule has 3 aromatic rings. The molecule has 7 nitrogen and oxygen atoms in total. The monoisotopic (exact) mass is 604 g/mol. The minimum absolute atomic E-state index is 0.125. The molecule has 1 aliphatic rings. The van der Waals surface area contributed by atoms with Crippen LogP contribution in [0.25, 0.3) is 5.57 Å². The molecule has 1 fully saturated rings. The summed E-state index contributed by atoms with van der Waals surface area (Å²) in [5.41, 5.74) is 5.21. The third kappa shape index (κ3) is 8.84. The Labute approximate surface area is 259 Å². The number of piperazine rings is 1. The highest BCUT2D eigenvalue weighted by Gasteiger charge is 2.26. The molecule has 230 valence electrons. The number of ether oxygens (including phenoxy) is 3. The topological polar surface area (TPSA) is 68.3 Å². The largest absolute Gasteiger partial charge is 0.493 e. The number of unbranched alkanes of at least 4 members (excludes halogenated alkanes) is 1. The molecule has 0 aliphatic carbocycles. The highest BCUT2D eigenvalue weighted by atomic mass is 31.0. The van der Waals surface area contributed by atoms with Crippen molar-refractivity contribution in [1.29, 1.82) is 0 Å². The summed E-state index contributed by atoms with van der Waals surface area (Å²) in [6.07, 6.45) is 4.28. The Bertz CT molecular complexity index is 1310. The molecule has 0 N–H and O–H groups in total. The lowest BCUT2D eigenvalue weighted by atomic mass is 9.95. The number of rotatable bonds is 10. The second-order valence-electron chi connectivity index (χ2n) is 10.1. The molecule has 1 heterocycles. The maximum atomic E-state index is 13.2. The zero-order valence-electron chi connectivity index (χ0n) is 26.3. The standard InChI is InChI=1S/C33H39N2O5P.C2H6/c1-23-9-11-24(12-10-23)28(25-13-15-27(41)16-14-25)7-5-6-8-31(36)34-17-19-35(20-18-34)33(37)26-21-29(38-2)32(40-4)30(22-26)39-3;1-2/h7,9-16,21-22H,5-6,8,17-20,41H2,1-4H3;1-2H3/b28-7-;. The van der Waals surface area contributed by atoms with Crippen molar-refractivity contribution < 1.29 is 23.8 Å². The summed E-state index contributed by atoms with van der Waals surface area (Å²) in [5.74, 6) is 1.32. The van der Waals surface area contributed by atoms with Crippen molar-refractivity contribution in [2.24, 2.45) is 0 Å². The Balaban J connectivity index is 0.00000248. The van der Waals surface area contributed by atoms with Crippen LogP contribution in [0.3, 0.4) is 0 Å². The van der Waals surface area contributed by atoms with E-state index in [0.29, 0.717) is 55.4 Å². The number of carbonyl (C=O) groups excluding carboxylic acids is 2. The van der Waals surface area contributed by atoms with E-state index in [1.54, 1.807) is 17.0 Å². The minimum Gasteiger partial charge on any atom is -0.493 e. The Morgan fingerprint density at radius 2 is 1.28 bits per heavy atom. The van der Waals surface area contributed by atoms with E-state index in [9.17, 15) is 9.59 Å². The predicted molar refractivity (Wildman–Crippen MR) is 178 cm³/mol. The quantitative estimate of drug-likeness (QED) is 0.206. The summed E-state index contributed by atoms with van der Waals surface area (Å²) in [4.78, 5) is 29.8. The van der Waals surface area contributed by atoms with Crippen molar-refractivity contribution in [3.8, 4) is 17.2 Å². The van der Waals surface area contributed by atoms with Crippen molar-refractivity contribution in [1.82, 2.24) is 9.80 Å². The number of carbonyl (C=O) groups is 2. The lowest BCUT2D eigenvalue weighted by molar-refractivity contribution is -0.132. The highest BCUT2D eigenvalue weighted by molar-refractivity contribution is 7.27. The second kappa shape index (κ2) is 16.7. The Hall–Kier alpha value is -3.83. The first kappa shape index (κ1) is 33.7. The number of nitrogens with zero attached hydrogens (tertiary/aromatic N) is 2. The van der Waals surface area contributed by atoms with E-state index in [2.05, 4.69) is 70.8 Å². The summed E-state index contributed by atoms with van der Waals surface area (Å²) < 4.78 is 16.1. The van der Waals surface area contributed by atoms with Crippen LogP contribution in [0, 0.1) is 6.92 Å². The van der Waals surface area contributed by atoms with Crippen molar-refractivity contribution in [3.63, 3.8) is 0 Å². The van der Waals surface area contributed by atoms with Gasteiger partial charge in [-0.2, -0.15) is 0 Å². The van der Waals surface area contributed by atoms with Crippen molar-refractivity contribution >= 4 is 31.9 Å². The van der Waals surface area contributed by atoms with Crippen LogP contribution in [-0.4, -0.2) is 69.1 Å². The average molecular weight is 605 g/mol. The summed E-state index contributed by atoms with van der Waals surface area (Å²) in [5, 5.41) is 1.15. The van der Waals surface area contributed by atoms with Gasteiger partial charge in [0, 0.05) is 38.2 Å². The average Bonchev–Trinajstić information content (AvgIpc) is 3.05. The van der Waals surface area contributed by atoms with Gasteiger partial charge in [0.2, 0.25) is 11.7 Å². The number of amides is 2. The molecule has 2 amide bonds. The van der Waals surface area contributed by atoms with Crippen molar-refractivity contribution in [2.45, 2.75) is 40.0 Å². The van der Waals surface area contributed by atoms with Gasteiger partial charge in [0.15, 0.2) is 11.5 Å². The Morgan fingerprint density at radius 3 is 1.79 bits per heavy atom. The van der Waals surface area contributed by atoms with Gasteiger partial charge in [-0.25, -0.2) is 0 Å². The number of hydrogen-bond donors (Lipinski definition) is 0. The van der Waals surface area contributed by atoms with E-state index in [1.807, 2.05) is 18.7 Å². The number of hydrogen-bond acceptors (Lipinski definition) is 5. The third-order valence-corrected chi connectivity index (χ3v) is 7.74. The number of benzene rings is 3. The van der Waals surface area contributed by atoms with Crippen LogP contribution < -0.4 is 19.5 Å². The molecule has 0 bridgehead atoms. The Kier molecular flexibility index (Phi) is 13.1. The highest BCUT2D eigenvalue weighted by Crippen LogP contribution is 2.38. The molecule has 1 saturated heterocycles. The lowest BCUT2D eigenvalue weighted by Crippen LogP contribution is -2.50. The van der Waals surface area contributed by atoms with Gasteiger partial charge in [0.1, 0.15) is 0 Å². The molecule has 1 atom stereocenters. The number of methoxy groups -OCH3 is 3. The molecule has 0 spiro atoms. The fourth-order valence-corrected chi connectivity index (χ4v) is 5.19. The first-order chi connectivity index (χ1) is 20.8. The van der Waals surface area contributed by atoms with E-state index in [4.69, 9.17) is 14.2 Å². The van der Waals surface area contributed by atoms with Gasteiger partial charge in [-0.3, -0.25) is 9.59 Å². The van der Waals surface area contributed by atoms with Crippen LogP contribution in [-0.2, 0) is 4.79 Å². The smallest absolute Gasteiger partial charge is 0.254 e. The number of allylic oxidation sites excluding steroid dienone is 1. The zero-order valence-corrected chi connectivity index (χ0v) is 27.5. The van der Waals surface area contributed by atoms with E-state index >= 15 is 0 Å². The maximum absolute atomic E-state index is 13.2. The SMILES string of the molecule is CC.COc1cc(C(=O)N2CCN(C(=O)CCC/C=C(/c3ccc(C)cc3)c3ccc(P)cc3)CC2)cc(OC)c1OC. The van der Waals surface area contributed by atoms with Gasteiger partial charge >= 0.3 is 0 Å². The summed E-state index contributed by atoms with van der Waals surface area (Å²) in [7, 11) is 7.30. The fraction of sp³-hybridized carbons (Fsp3) is 0.371. The molecule has 0 saturated carbocycles. The predicted octanol–water partition coefficient (Wildman–Crippen LogP) is 6.13. The van der Waals surface area contributed by atoms with Gasteiger partial charge in [-0.1, -0.05) is 74.0 Å². The van der Waals surface area contributed by atoms with Crippen LogP contribution in [0.5, 0.6) is 17.2 Å². The first-order valence-corrected chi connectivity index (χ1v) is 15.4. The molecule has 1 aliphatic heterocycles. The molecule has 8 heteroatoms. The minimum atomic E-state index is -0.125. The molecular formula is C35H45N2O5P. The van der Waals surface area contributed by atoms with E-state index in [1.165, 1.54) is 43.6 Å². The van der Waals surface area contributed by atoms with Crippen molar-refractivity contribution in [3.05, 3.63) is 89.0 Å². The maximum Gasteiger partial charge on any atom is 0.254 e. The fourth-order valence-electron chi connectivity index (χ4n) is 5.00. The normalized spacial score (nSPS) is 13.1. The van der Waals surface area contributed by atoms with Crippen LogP contribution in [0.2, 0.25) is 0 Å². The van der Waals surface area contributed by atoms with E-state index in [-0.39, 0.29) is 11.8 Å². The first-order valence-electron chi connectivity index (χ1n) is 14.8. The molecule has 0 radical (unpaired) electrons. The molecular weight excluding hydrogens is 559 g/mol. The third-order valence-electron chi connectivity index (χ3n) is 7.36. The van der Waals surface area contributed by atoms with Gasteiger partial charge in [0.05, 0.1) is 21.3 Å². The van der Waals surface area contributed by atoms with Crippen molar-refractivity contribution in [2.75, 3.05) is 47.5 Å². The van der Waals surface area contributed by atoms with Gasteiger partial charge in [-0.05, 0) is 53.9 Å². The van der Waals surface area contributed by atoms with Gasteiger partial charge in [-0.15, -0.1) is 9.24 Å². The van der Waals surface area contributed by atoms with Crippen LogP contribution in [0.15, 0.2) is 66.7 Å². The van der Waals surface area contributed by atoms with Gasteiger partial charge in [0.25, 0.3) is 5.91 Å². The van der Waals surface area contributed by atoms with Crippen LogP contribution in [0.4, 0.5) is 0 Å². The van der Waals surface area contributed by atoms with Gasteiger partial charge < -0.3 is 24.0 Å².